The van der Waals surface area contributed by atoms with Crippen LogP contribution in [0.2, 0.25) is 0 Å². The molecule has 4 nitrogen and oxygen atoms in total. The maximum absolute atomic E-state index is 9.09. The Kier molecular flexibility index (Phi) is 3.63. The topological polar surface area (TPSA) is 54.3 Å². The van der Waals surface area contributed by atoms with Gasteiger partial charge >= 0.3 is 0 Å². The second-order valence-electron chi connectivity index (χ2n) is 3.66. The van der Waals surface area contributed by atoms with Crippen LogP contribution in [0.4, 0.5) is 0 Å². The van der Waals surface area contributed by atoms with Crippen LogP contribution in [-0.2, 0) is 0 Å². The first-order valence-electron chi connectivity index (χ1n) is 5.48. The molecule has 1 heterocycles. The van der Waals surface area contributed by atoms with Gasteiger partial charge in [0.15, 0.2) is 11.5 Å². The van der Waals surface area contributed by atoms with Gasteiger partial charge in [-0.05, 0) is 17.7 Å². The van der Waals surface area contributed by atoms with Crippen molar-refractivity contribution in [1.82, 2.24) is 5.32 Å². The van der Waals surface area contributed by atoms with Crippen molar-refractivity contribution in [2.75, 3.05) is 19.8 Å². The van der Waals surface area contributed by atoms with Crippen molar-refractivity contribution < 1.29 is 9.47 Å². The Morgan fingerprint density at radius 1 is 1.41 bits per heavy atom. The fourth-order valence-electron chi connectivity index (χ4n) is 1.68. The summed E-state index contributed by atoms with van der Waals surface area (Å²) < 4.78 is 10.9. The number of rotatable bonds is 4. The number of fused-ring (bicyclic) bond motifs is 1. The van der Waals surface area contributed by atoms with Crippen LogP contribution in [0.1, 0.15) is 11.6 Å². The number of nitrogens with one attached hydrogen (secondary N) is 1. The molecule has 4 heteroatoms. The smallest absolute Gasteiger partial charge is 0.161 e. The minimum Gasteiger partial charge on any atom is -0.486 e. The lowest BCUT2D eigenvalue weighted by atomic mass is 10.1. The van der Waals surface area contributed by atoms with Crippen LogP contribution in [0.25, 0.3) is 0 Å². The van der Waals surface area contributed by atoms with Crippen LogP contribution >= 0.6 is 0 Å². The first-order chi connectivity index (χ1) is 8.35. The van der Waals surface area contributed by atoms with Gasteiger partial charge in [-0.15, -0.1) is 6.58 Å². The van der Waals surface area contributed by atoms with E-state index in [1.807, 2.05) is 18.2 Å². The van der Waals surface area contributed by atoms with Crippen molar-refractivity contribution >= 4 is 0 Å². The summed E-state index contributed by atoms with van der Waals surface area (Å²) in [5.74, 6) is 1.44. The molecule has 1 aromatic rings. The molecule has 2 rings (SSSR count). The molecule has 1 atom stereocenters. The molecular weight excluding hydrogens is 216 g/mol. The predicted octanol–water partition coefficient (Wildman–Crippen LogP) is 1.80. The van der Waals surface area contributed by atoms with E-state index in [0.29, 0.717) is 25.5 Å². The fourth-order valence-corrected chi connectivity index (χ4v) is 1.68. The second kappa shape index (κ2) is 5.37. The molecule has 88 valence electrons. The number of hydrogen-bond acceptors (Lipinski definition) is 4. The molecule has 0 fully saturated rings. The fraction of sp³-hybridized carbons (Fsp3) is 0.308. The van der Waals surface area contributed by atoms with E-state index in [-0.39, 0.29) is 6.04 Å². The number of ether oxygens (including phenoxy) is 2. The molecule has 0 bridgehead atoms. The quantitative estimate of drug-likeness (QED) is 0.801. The van der Waals surface area contributed by atoms with Crippen molar-refractivity contribution in [3.05, 3.63) is 36.4 Å². The monoisotopic (exact) mass is 230 g/mol. The average molecular weight is 230 g/mol. The molecule has 1 N–H and O–H groups in total. The number of nitrogens with zero attached hydrogens (tertiary/aromatic N) is 1. The highest BCUT2D eigenvalue weighted by atomic mass is 16.6. The highest BCUT2D eigenvalue weighted by Gasteiger charge is 2.15. The molecule has 1 aliphatic rings. The van der Waals surface area contributed by atoms with Crippen molar-refractivity contribution in [1.29, 1.82) is 5.26 Å². The van der Waals surface area contributed by atoms with Gasteiger partial charge in [-0.25, -0.2) is 0 Å². The Morgan fingerprint density at radius 2 is 2.18 bits per heavy atom. The Labute approximate surface area is 100 Å². The molecule has 0 amide bonds. The molecule has 17 heavy (non-hydrogen) atoms. The van der Waals surface area contributed by atoms with Crippen molar-refractivity contribution in [3.63, 3.8) is 0 Å². The lowest BCUT2D eigenvalue weighted by Crippen LogP contribution is -2.20. The SMILES string of the molecule is C=CCNC(C#N)c1ccc2c(c1)OCCO2. The van der Waals surface area contributed by atoms with E-state index in [9.17, 15) is 0 Å². The first-order valence-corrected chi connectivity index (χ1v) is 5.48. The third-order valence-electron chi connectivity index (χ3n) is 2.49. The summed E-state index contributed by atoms with van der Waals surface area (Å²) >= 11 is 0. The zero-order chi connectivity index (χ0) is 12.1. The van der Waals surface area contributed by atoms with Gasteiger partial charge in [0, 0.05) is 6.54 Å². The molecule has 0 spiro atoms. The molecule has 0 saturated carbocycles. The van der Waals surface area contributed by atoms with E-state index in [4.69, 9.17) is 14.7 Å². The highest BCUT2D eigenvalue weighted by Crippen LogP contribution is 2.32. The molecule has 0 radical (unpaired) electrons. The zero-order valence-corrected chi connectivity index (χ0v) is 9.48. The third-order valence-corrected chi connectivity index (χ3v) is 2.49. The summed E-state index contributed by atoms with van der Waals surface area (Å²) in [6, 6.07) is 7.40. The van der Waals surface area contributed by atoms with Crippen molar-refractivity contribution in [2.24, 2.45) is 0 Å². The minimum atomic E-state index is -0.358. The van der Waals surface area contributed by atoms with Crippen LogP contribution in [-0.4, -0.2) is 19.8 Å². The van der Waals surface area contributed by atoms with Crippen LogP contribution in [0.15, 0.2) is 30.9 Å². The average Bonchev–Trinajstić information content (AvgIpc) is 2.39. The molecule has 0 saturated heterocycles. The van der Waals surface area contributed by atoms with E-state index in [0.717, 1.165) is 11.3 Å². The van der Waals surface area contributed by atoms with E-state index in [2.05, 4.69) is 18.0 Å². The van der Waals surface area contributed by atoms with Gasteiger partial charge in [-0.3, -0.25) is 5.32 Å². The first kappa shape index (κ1) is 11.5. The van der Waals surface area contributed by atoms with E-state index >= 15 is 0 Å². The molecule has 1 unspecified atom stereocenters. The summed E-state index contributed by atoms with van der Waals surface area (Å²) in [5, 5.41) is 12.2. The molecule has 0 aliphatic carbocycles. The Balaban J connectivity index is 2.20. The van der Waals surface area contributed by atoms with Gasteiger partial charge in [-0.2, -0.15) is 5.26 Å². The Morgan fingerprint density at radius 3 is 2.88 bits per heavy atom. The maximum atomic E-state index is 9.09. The largest absolute Gasteiger partial charge is 0.486 e. The molecule has 1 aliphatic heterocycles. The molecule has 1 aromatic carbocycles. The highest BCUT2D eigenvalue weighted by molar-refractivity contribution is 5.45. The number of hydrogen-bond donors (Lipinski definition) is 1. The van der Waals surface area contributed by atoms with Gasteiger partial charge in [0.2, 0.25) is 0 Å². The van der Waals surface area contributed by atoms with E-state index < -0.39 is 0 Å². The number of nitriles is 1. The van der Waals surface area contributed by atoms with Gasteiger partial charge in [-0.1, -0.05) is 12.1 Å². The normalized spacial score (nSPS) is 14.8. The second-order valence-corrected chi connectivity index (χ2v) is 3.66. The third kappa shape index (κ3) is 2.58. The molecular formula is C13H14N2O2. The summed E-state index contributed by atoms with van der Waals surface area (Å²) in [6.07, 6.45) is 1.72. The summed E-state index contributed by atoms with van der Waals surface area (Å²) in [4.78, 5) is 0. The summed E-state index contributed by atoms with van der Waals surface area (Å²) in [6.45, 7) is 5.33. The van der Waals surface area contributed by atoms with Crippen LogP contribution in [0, 0.1) is 11.3 Å². The lowest BCUT2D eigenvalue weighted by Gasteiger charge is -2.20. The summed E-state index contributed by atoms with van der Waals surface area (Å²) in [5.41, 5.74) is 0.874. The zero-order valence-electron chi connectivity index (χ0n) is 9.48. The Hall–Kier alpha value is -1.99. The van der Waals surface area contributed by atoms with Crippen LogP contribution in [0.3, 0.4) is 0 Å². The number of benzene rings is 1. The van der Waals surface area contributed by atoms with Crippen molar-refractivity contribution in [3.8, 4) is 17.6 Å². The van der Waals surface area contributed by atoms with Gasteiger partial charge in [0.25, 0.3) is 0 Å². The lowest BCUT2D eigenvalue weighted by molar-refractivity contribution is 0.171. The van der Waals surface area contributed by atoms with Gasteiger partial charge < -0.3 is 9.47 Å². The predicted molar refractivity (Wildman–Crippen MR) is 64.0 cm³/mol. The summed E-state index contributed by atoms with van der Waals surface area (Å²) in [7, 11) is 0. The maximum Gasteiger partial charge on any atom is 0.161 e. The minimum absolute atomic E-state index is 0.358. The molecule has 0 aromatic heterocycles. The van der Waals surface area contributed by atoms with Crippen LogP contribution < -0.4 is 14.8 Å². The van der Waals surface area contributed by atoms with Gasteiger partial charge in [0.05, 0.1) is 6.07 Å². The van der Waals surface area contributed by atoms with Crippen LogP contribution in [0.5, 0.6) is 11.5 Å². The van der Waals surface area contributed by atoms with E-state index in [1.54, 1.807) is 6.08 Å². The van der Waals surface area contributed by atoms with E-state index in [1.165, 1.54) is 0 Å². The van der Waals surface area contributed by atoms with Crippen molar-refractivity contribution in [2.45, 2.75) is 6.04 Å². The Bertz CT molecular complexity index is 451. The van der Waals surface area contributed by atoms with Gasteiger partial charge in [0.1, 0.15) is 19.3 Å². The standard InChI is InChI=1S/C13H14N2O2/c1-2-5-15-11(9-14)10-3-4-12-13(8-10)17-7-6-16-12/h2-4,8,11,15H,1,5-7H2.